The Bertz CT molecular complexity index is 1700. The van der Waals surface area contributed by atoms with Gasteiger partial charge in [0.1, 0.15) is 13.2 Å². The normalized spacial score (nSPS) is 13.1. The maximum Gasteiger partial charge on any atom is 0.306 e. The second kappa shape index (κ2) is 63.8. The van der Waals surface area contributed by atoms with Crippen molar-refractivity contribution in [2.75, 3.05) is 13.2 Å². The van der Waals surface area contributed by atoms with Crippen molar-refractivity contribution in [3.63, 3.8) is 0 Å². The van der Waals surface area contributed by atoms with Crippen molar-refractivity contribution in [2.24, 2.45) is 0 Å². The van der Waals surface area contributed by atoms with Crippen molar-refractivity contribution in [1.82, 2.24) is 0 Å². The van der Waals surface area contributed by atoms with Gasteiger partial charge in [-0.3, -0.25) is 14.4 Å². The summed E-state index contributed by atoms with van der Waals surface area (Å²) < 4.78 is 16.8. The van der Waals surface area contributed by atoms with Crippen LogP contribution >= 0.6 is 0 Å². The van der Waals surface area contributed by atoms with Gasteiger partial charge in [0.15, 0.2) is 6.10 Å². The highest BCUT2D eigenvalue weighted by Crippen LogP contribution is 2.15. The molecule has 0 saturated heterocycles. The number of allylic oxidation sites excluding steroid dienone is 24. The summed E-state index contributed by atoms with van der Waals surface area (Å²) >= 11 is 0. The molecule has 0 radical (unpaired) electrons. The highest BCUT2D eigenvalue weighted by Gasteiger charge is 2.19. The van der Waals surface area contributed by atoms with Crippen LogP contribution in [0.4, 0.5) is 0 Å². The standard InChI is InChI=1S/C71H114O6/c1-4-7-10-13-16-19-22-24-26-28-30-32-34-35-37-38-40-42-44-46-49-52-55-58-61-64-70(73)76-67-68(66-75-69(72)63-60-57-54-51-48-21-18-15-12-9-6-3)77-71(74)65-62-59-56-53-50-47-45-43-41-39-36-33-31-29-27-25-23-20-17-14-11-8-5-2/h7-8,10-11,15-20,24-27,30-33,39,41,45,47,53,56,68H,4-6,9,12-14,21-23,28-29,34-38,40,42-44,46,48-52,54-55,57-67H2,1-3H3/b10-7-,11-8-,18-15-,19-16-,20-17-,26-24-,27-25-,32-30-,33-31-,41-39-,47-45-,56-53-. The van der Waals surface area contributed by atoms with Gasteiger partial charge < -0.3 is 14.2 Å². The lowest BCUT2D eigenvalue weighted by atomic mass is 10.0. The lowest BCUT2D eigenvalue weighted by Crippen LogP contribution is -2.30. The molecule has 0 aliphatic heterocycles. The summed E-state index contributed by atoms with van der Waals surface area (Å²) in [7, 11) is 0. The Kier molecular flexibility index (Phi) is 59.9. The van der Waals surface area contributed by atoms with Crippen LogP contribution in [-0.2, 0) is 28.6 Å². The zero-order chi connectivity index (χ0) is 55.7. The Morgan fingerprint density at radius 3 is 0.844 bits per heavy atom. The first-order valence-electron chi connectivity index (χ1n) is 31.3. The van der Waals surface area contributed by atoms with Crippen molar-refractivity contribution in [3.05, 3.63) is 146 Å². The van der Waals surface area contributed by atoms with E-state index in [0.29, 0.717) is 19.3 Å². The number of hydrogen-bond donors (Lipinski definition) is 0. The molecule has 0 saturated carbocycles. The third-order valence-corrected chi connectivity index (χ3v) is 12.8. The van der Waals surface area contributed by atoms with Crippen LogP contribution in [0, 0.1) is 0 Å². The number of ether oxygens (including phenoxy) is 3. The van der Waals surface area contributed by atoms with Gasteiger partial charge in [0, 0.05) is 19.3 Å². The molecule has 0 bridgehead atoms. The molecule has 0 fully saturated rings. The second-order valence-corrected chi connectivity index (χ2v) is 20.2. The highest BCUT2D eigenvalue weighted by atomic mass is 16.6. The van der Waals surface area contributed by atoms with Gasteiger partial charge >= 0.3 is 17.9 Å². The zero-order valence-corrected chi connectivity index (χ0v) is 49.7. The quantitative estimate of drug-likeness (QED) is 0.0261. The first kappa shape index (κ1) is 72.3. The minimum Gasteiger partial charge on any atom is -0.462 e. The molecule has 0 heterocycles. The molecule has 6 nitrogen and oxygen atoms in total. The van der Waals surface area contributed by atoms with E-state index in [1.165, 1.54) is 89.9 Å². The maximum atomic E-state index is 12.9. The predicted octanol–water partition coefficient (Wildman–Crippen LogP) is 21.5. The van der Waals surface area contributed by atoms with E-state index in [1.807, 2.05) is 0 Å². The van der Waals surface area contributed by atoms with E-state index in [1.54, 1.807) is 0 Å². The zero-order valence-electron chi connectivity index (χ0n) is 49.7. The van der Waals surface area contributed by atoms with Gasteiger partial charge in [0.25, 0.3) is 0 Å². The number of unbranched alkanes of at least 4 members (excludes halogenated alkanes) is 20. The maximum absolute atomic E-state index is 12.9. The lowest BCUT2D eigenvalue weighted by Gasteiger charge is -2.18. The molecule has 0 N–H and O–H groups in total. The van der Waals surface area contributed by atoms with Crippen LogP contribution in [-0.4, -0.2) is 37.2 Å². The van der Waals surface area contributed by atoms with Gasteiger partial charge in [-0.1, -0.05) is 263 Å². The molecule has 1 atom stereocenters. The predicted molar refractivity (Wildman–Crippen MR) is 334 cm³/mol. The molecular formula is C71H114O6. The van der Waals surface area contributed by atoms with E-state index in [0.717, 1.165) is 128 Å². The lowest BCUT2D eigenvalue weighted by molar-refractivity contribution is -0.167. The summed E-state index contributed by atoms with van der Waals surface area (Å²) in [5.74, 6) is -0.983. The van der Waals surface area contributed by atoms with Crippen LogP contribution in [0.15, 0.2) is 146 Å². The molecular weight excluding hydrogens is 949 g/mol. The van der Waals surface area contributed by atoms with E-state index in [9.17, 15) is 14.4 Å². The first-order chi connectivity index (χ1) is 38.0. The average molecular weight is 1060 g/mol. The fourth-order valence-electron chi connectivity index (χ4n) is 8.17. The van der Waals surface area contributed by atoms with E-state index < -0.39 is 6.10 Å². The number of carbonyl (C=O) groups excluding carboxylic acids is 3. The monoisotopic (exact) mass is 1060 g/mol. The topological polar surface area (TPSA) is 78.9 Å². The van der Waals surface area contributed by atoms with Crippen LogP contribution in [0.1, 0.15) is 265 Å². The van der Waals surface area contributed by atoms with Crippen molar-refractivity contribution in [2.45, 2.75) is 271 Å². The van der Waals surface area contributed by atoms with Crippen LogP contribution in [0.2, 0.25) is 0 Å². The summed E-state index contributed by atoms with van der Waals surface area (Å²) in [4.78, 5) is 38.2. The fourth-order valence-corrected chi connectivity index (χ4v) is 8.17. The van der Waals surface area contributed by atoms with E-state index in [2.05, 4.69) is 167 Å². The molecule has 6 heteroatoms. The molecule has 0 aromatic heterocycles. The molecule has 0 aromatic carbocycles. The number of carbonyl (C=O) groups is 3. The van der Waals surface area contributed by atoms with Gasteiger partial charge in [0.05, 0.1) is 0 Å². The van der Waals surface area contributed by atoms with E-state index in [-0.39, 0.29) is 37.5 Å². The van der Waals surface area contributed by atoms with Crippen molar-refractivity contribution < 1.29 is 28.6 Å². The van der Waals surface area contributed by atoms with Crippen molar-refractivity contribution in [3.8, 4) is 0 Å². The SMILES string of the molecule is CC/C=C\C/C=C\C/C=C\C/C=C\C/C=C\C/C=C\C/C=C\CCCC(=O)OC(COC(=O)CCCCCCC/C=C\CCCC)COC(=O)CCCCCCCCCCCCCC/C=C\C/C=C\C/C=C\C/C=C\CC. The Balaban J connectivity index is 4.40. The van der Waals surface area contributed by atoms with Crippen molar-refractivity contribution in [1.29, 1.82) is 0 Å². The third kappa shape index (κ3) is 62.0. The Labute approximate surface area is 474 Å². The molecule has 1 unspecified atom stereocenters. The Hall–Kier alpha value is -4.71. The van der Waals surface area contributed by atoms with Crippen LogP contribution < -0.4 is 0 Å². The molecule has 0 amide bonds. The molecule has 77 heavy (non-hydrogen) atoms. The highest BCUT2D eigenvalue weighted by molar-refractivity contribution is 5.71. The second-order valence-electron chi connectivity index (χ2n) is 20.2. The number of esters is 3. The van der Waals surface area contributed by atoms with Gasteiger partial charge in [0.2, 0.25) is 0 Å². The Morgan fingerprint density at radius 2 is 0.519 bits per heavy atom. The summed E-state index contributed by atoms with van der Waals surface area (Å²) in [6.07, 6.45) is 91.4. The van der Waals surface area contributed by atoms with Gasteiger partial charge in [-0.2, -0.15) is 0 Å². The summed E-state index contributed by atoms with van der Waals surface area (Å²) in [5, 5.41) is 0. The van der Waals surface area contributed by atoms with Crippen LogP contribution in [0.25, 0.3) is 0 Å². The molecule has 0 aliphatic rings. The van der Waals surface area contributed by atoms with Crippen LogP contribution in [0.5, 0.6) is 0 Å². The number of rotatable bonds is 55. The van der Waals surface area contributed by atoms with E-state index in [4.69, 9.17) is 14.2 Å². The Morgan fingerprint density at radius 1 is 0.273 bits per heavy atom. The smallest absolute Gasteiger partial charge is 0.306 e. The minimum atomic E-state index is -0.819. The summed E-state index contributed by atoms with van der Waals surface area (Å²) in [6, 6.07) is 0. The molecule has 0 aliphatic carbocycles. The summed E-state index contributed by atoms with van der Waals surface area (Å²) in [6.45, 7) is 6.32. The molecule has 0 rings (SSSR count). The minimum absolute atomic E-state index is 0.109. The van der Waals surface area contributed by atoms with Gasteiger partial charge in [-0.15, -0.1) is 0 Å². The molecule has 0 spiro atoms. The average Bonchev–Trinajstić information content (AvgIpc) is 3.43. The van der Waals surface area contributed by atoms with Crippen LogP contribution in [0.3, 0.4) is 0 Å². The van der Waals surface area contributed by atoms with E-state index >= 15 is 0 Å². The summed E-state index contributed by atoms with van der Waals surface area (Å²) in [5.41, 5.74) is 0. The number of hydrogen-bond acceptors (Lipinski definition) is 6. The fraction of sp³-hybridized carbons (Fsp3) is 0.620. The third-order valence-electron chi connectivity index (χ3n) is 12.8. The largest absolute Gasteiger partial charge is 0.462 e. The molecule has 434 valence electrons. The molecule has 0 aromatic rings. The van der Waals surface area contributed by atoms with Gasteiger partial charge in [-0.05, 0) is 128 Å². The first-order valence-corrected chi connectivity index (χ1v) is 31.3. The van der Waals surface area contributed by atoms with Gasteiger partial charge in [-0.25, -0.2) is 0 Å². The van der Waals surface area contributed by atoms with Crippen molar-refractivity contribution >= 4 is 17.9 Å².